The Bertz CT molecular complexity index is 341. The third-order valence-electron chi connectivity index (χ3n) is 3.95. The number of carboxylic acid groups (broad SMARTS) is 1. The summed E-state index contributed by atoms with van der Waals surface area (Å²) in [5.41, 5.74) is -0.921. The van der Waals surface area contributed by atoms with Crippen molar-refractivity contribution in [1.82, 2.24) is 10.2 Å². The van der Waals surface area contributed by atoms with Crippen LogP contribution in [0.3, 0.4) is 0 Å². The summed E-state index contributed by atoms with van der Waals surface area (Å²) in [6.07, 6.45) is 2.54. The number of nitrogens with zero attached hydrogens (tertiary/aromatic N) is 1. The van der Waals surface area contributed by atoms with Gasteiger partial charge in [0.1, 0.15) is 6.54 Å². The predicted octanol–water partition coefficient (Wildman–Crippen LogP) is 1.48. The maximum absolute atomic E-state index is 12.9. The van der Waals surface area contributed by atoms with Gasteiger partial charge >= 0.3 is 5.97 Å². The highest BCUT2D eigenvalue weighted by Gasteiger charge is 2.43. The first-order chi connectivity index (χ1) is 8.73. The normalized spacial score (nSPS) is 24.0. The second-order valence-corrected chi connectivity index (χ2v) is 6.37. The van der Waals surface area contributed by atoms with Crippen LogP contribution in [0.4, 0.5) is 0 Å². The summed E-state index contributed by atoms with van der Waals surface area (Å²) >= 11 is 0. The van der Waals surface area contributed by atoms with Gasteiger partial charge in [0.05, 0.1) is 5.41 Å². The van der Waals surface area contributed by atoms with Gasteiger partial charge in [0, 0.05) is 12.1 Å². The minimum atomic E-state index is -0.960. The number of rotatable bonds is 4. The number of carbonyl (C=O) groups is 2. The van der Waals surface area contributed by atoms with Gasteiger partial charge in [-0.15, -0.1) is 0 Å². The minimum absolute atomic E-state index is 0.0305. The van der Waals surface area contributed by atoms with E-state index in [2.05, 4.69) is 5.32 Å². The van der Waals surface area contributed by atoms with Crippen molar-refractivity contribution >= 4 is 11.9 Å². The number of nitrogens with one attached hydrogen (secondary N) is 1. The second kappa shape index (κ2) is 5.90. The Balaban J connectivity index is 2.99. The largest absolute Gasteiger partial charge is 0.480 e. The van der Waals surface area contributed by atoms with Crippen LogP contribution < -0.4 is 5.32 Å². The number of amides is 1. The molecule has 1 rings (SSSR count). The van der Waals surface area contributed by atoms with E-state index in [4.69, 9.17) is 5.11 Å². The Morgan fingerprint density at radius 2 is 2.00 bits per heavy atom. The molecule has 1 fully saturated rings. The first-order valence-electron chi connectivity index (χ1n) is 6.97. The number of carboxylic acids is 1. The number of aliphatic carboxylic acids is 1. The molecule has 0 bridgehead atoms. The fourth-order valence-electron chi connectivity index (χ4n) is 2.64. The van der Waals surface area contributed by atoms with Crippen molar-refractivity contribution in [2.75, 3.05) is 19.6 Å². The highest BCUT2D eigenvalue weighted by atomic mass is 16.4. The van der Waals surface area contributed by atoms with E-state index in [-0.39, 0.29) is 12.5 Å². The molecule has 0 aromatic rings. The predicted molar refractivity (Wildman–Crippen MR) is 73.9 cm³/mol. The van der Waals surface area contributed by atoms with E-state index in [9.17, 15) is 9.59 Å². The molecule has 0 radical (unpaired) electrons. The Labute approximate surface area is 115 Å². The van der Waals surface area contributed by atoms with E-state index in [1.165, 1.54) is 4.90 Å². The molecular formula is C14H26N2O3. The molecule has 0 saturated carbocycles. The molecule has 1 amide bonds. The van der Waals surface area contributed by atoms with Gasteiger partial charge in [-0.2, -0.15) is 0 Å². The summed E-state index contributed by atoms with van der Waals surface area (Å²) in [6, 6.07) is 0. The summed E-state index contributed by atoms with van der Waals surface area (Å²) in [5.74, 6) is -0.990. The van der Waals surface area contributed by atoms with E-state index < -0.39 is 16.9 Å². The highest BCUT2D eigenvalue weighted by Crippen LogP contribution is 2.34. The number of hydrogen-bond donors (Lipinski definition) is 2. The van der Waals surface area contributed by atoms with E-state index in [0.29, 0.717) is 6.54 Å². The maximum atomic E-state index is 12.9. The first kappa shape index (κ1) is 16.0. The van der Waals surface area contributed by atoms with Crippen molar-refractivity contribution in [2.24, 2.45) is 5.41 Å². The maximum Gasteiger partial charge on any atom is 0.323 e. The third-order valence-corrected chi connectivity index (χ3v) is 3.95. The molecule has 5 nitrogen and oxygen atoms in total. The molecular weight excluding hydrogens is 244 g/mol. The van der Waals surface area contributed by atoms with Crippen LogP contribution in [0.2, 0.25) is 0 Å². The van der Waals surface area contributed by atoms with Crippen molar-refractivity contribution in [1.29, 1.82) is 0 Å². The molecule has 1 aliphatic heterocycles. The van der Waals surface area contributed by atoms with Crippen LogP contribution in [0.5, 0.6) is 0 Å². The van der Waals surface area contributed by atoms with Gasteiger partial charge in [0.15, 0.2) is 0 Å². The lowest BCUT2D eigenvalue weighted by atomic mass is 9.76. The van der Waals surface area contributed by atoms with Crippen molar-refractivity contribution in [3.8, 4) is 0 Å². The van der Waals surface area contributed by atoms with Crippen LogP contribution in [0, 0.1) is 5.41 Å². The third kappa shape index (κ3) is 3.69. The molecule has 0 spiro atoms. The van der Waals surface area contributed by atoms with E-state index in [0.717, 1.165) is 25.8 Å². The van der Waals surface area contributed by atoms with Gasteiger partial charge in [-0.05, 0) is 46.6 Å². The minimum Gasteiger partial charge on any atom is -0.480 e. The van der Waals surface area contributed by atoms with Gasteiger partial charge in [0.25, 0.3) is 0 Å². The zero-order valence-electron chi connectivity index (χ0n) is 12.5. The van der Waals surface area contributed by atoms with Gasteiger partial charge in [0.2, 0.25) is 5.91 Å². The molecule has 1 atom stereocenters. The zero-order chi connectivity index (χ0) is 14.7. The Morgan fingerprint density at radius 3 is 2.37 bits per heavy atom. The summed E-state index contributed by atoms with van der Waals surface area (Å²) < 4.78 is 0. The van der Waals surface area contributed by atoms with Gasteiger partial charge in [-0.3, -0.25) is 9.59 Å². The molecule has 1 heterocycles. The molecule has 1 unspecified atom stereocenters. The summed E-state index contributed by atoms with van der Waals surface area (Å²) in [7, 11) is 0. The number of piperidine rings is 1. The smallest absolute Gasteiger partial charge is 0.323 e. The average Bonchev–Trinajstić information content (AvgIpc) is 2.34. The van der Waals surface area contributed by atoms with E-state index in [1.54, 1.807) is 0 Å². The average molecular weight is 270 g/mol. The molecule has 0 aliphatic carbocycles. The standard InChI is InChI=1S/C14H26N2O3/c1-5-14(7-6-8-15-10-14)12(19)16(9-11(17)18)13(2,3)4/h15H,5-10H2,1-4H3,(H,17,18). The van der Waals surface area contributed by atoms with Crippen molar-refractivity contribution in [3.63, 3.8) is 0 Å². The van der Waals surface area contributed by atoms with Crippen molar-refractivity contribution in [2.45, 2.75) is 52.5 Å². The van der Waals surface area contributed by atoms with E-state index in [1.807, 2.05) is 27.7 Å². The van der Waals surface area contributed by atoms with Gasteiger partial charge in [-0.1, -0.05) is 6.92 Å². The molecule has 110 valence electrons. The van der Waals surface area contributed by atoms with Gasteiger partial charge < -0.3 is 15.3 Å². The summed E-state index contributed by atoms with van der Waals surface area (Å²) in [4.78, 5) is 25.4. The molecule has 0 aromatic carbocycles. The Kier molecular flexibility index (Phi) is 4.96. The van der Waals surface area contributed by atoms with Crippen molar-refractivity contribution < 1.29 is 14.7 Å². The molecule has 1 aliphatic rings. The quantitative estimate of drug-likeness (QED) is 0.812. The van der Waals surface area contributed by atoms with Crippen LogP contribution in [0.15, 0.2) is 0 Å². The molecule has 5 heteroatoms. The topological polar surface area (TPSA) is 69.6 Å². The molecule has 1 saturated heterocycles. The zero-order valence-corrected chi connectivity index (χ0v) is 12.5. The van der Waals surface area contributed by atoms with Crippen LogP contribution in [0.1, 0.15) is 47.0 Å². The highest BCUT2D eigenvalue weighted by molar-refractivity contribution is 5.87. The summed E-state index contributed by atoms with van der Waals surface area (Å²) in [5, 5.41) is 12.3. The van der Waals surface area contributed by atoms with Crippen LogP contribution in [-0.4, -0.2) is 47.1 Å². The fraction of sp³-hybridized carbons (Fsp3) is 0.857. The van der Waals surface area contributed by atoms with Crippen molar-refractivity contribution in [3.05, 3.63) is 0 Å². The number of hydrogen-bond acceptors (Lipinski definition) is 3. The molecule has 2 N–H and O–H groups in total. The first-order valence-corrected chi connectivity index (χ1v) is 6.97. The second-order valence-electron chi connectivity index (χ2n) is 6.37. The van der Waals surface area contributed by atoms with Crippen LogP contribution >= 0.6 is 0 Å². The molecule has 19 heavy (non-hydrogen) atoms. The Morgan fingerprint density at radius 1 is 1.37 bits per heavy atom. The lowest BCUT2D eigenvalue weighted by Gasteiger charge is -2.44. The fourth-order valence-corrected chi connectivity index (χ4v) is 2.64. The van der Waals surface area contributed by atoms with E-state index >= 15 is 0 Å². The monoisotopic (exact) mass is 270 g/mol. The lowest BCUT2D eigenvalue weighted by molar-refractivity contribution is -0.155. The molecule has 0 aromatic heterocycles. The van der Waals surface area contributed by atoms with Crippen LogP contribution in [-0.2, 0) is 9.59 Å². The lowest BCUT2D eigenvalue weighted by Crippen LogP contribution is -2.57. The van der Waals surface area contributed by atoms with Gasteiger partial charge in [-0.25, -0.2) is 0 Å². The number of carbonyl (C=O) groups excluding carboxylic acids is 1. The Hall–Kier alpha value is -1.10. The SMILES string of the molecule is CCC1(C(=O)N(CC(=O)O)C(C)(C)C)CCCNC1. The summed E-state index contributed by atoms with van der Waals surface area (Å²) in [6.45, 7) is 9.00. The van der Waals surface area contributed by atoms with Crippen LogP contribution in [0.25, 0.3) is 0 Å².